The monoisotopic (exact) mass is 487 g/mol. The topological polar surface area (TPSA) is 115 Å². The van der Waals surface area contributed by atoms with Crippen molar-refractivity contribution < 1.29 is 28.6 Å². The lowest BCUT2D eigenvalue weighted by Gasteiger charge is -2.29. The predicted octanol–water partition coefficient (Wildman–Crippen LogP) is 3.95. The van der Waals surface area contributed by atoms with Crippen molar-refractivity contribution in [2.75, 3.05) is 25.1 Å². The van der Waals surface area contributed by atoms with Crippen LogP contribution in [0.2, 0.25) is 5.02 Å². The number of rotatable bonds is 9. The zero-order chi connectivity index (χ0) is 24.7. The van der Waals surface area contributed by atoms with Gasteiger partial charge in [-0.1, -0.05) is 29.8 Å². The molecule has 0 fully saturated rings. The number of esters is 1. The molecule has 0 saturated carbocycles. The molecule has 0 bridgehead atoms. The highest BCUT2D eigenvalue weighted by molar-refractivity contribution is 6.31. The van der Waals surface area contributed by atoms with Crippen LogP contribution in [0.4, 0.5) is 10.5 Å². The summed E-state index contributed by atoms with van der Waals surface area (Å²) in [5, 5.41) is 8.43. The average Bonchev–Trinajstić information content (AvgIpc) is 2.79. The summed E-state index contributed by atoms with van der Waals surface area (Å²) in [6.07, 6.45) is 0. The Balaban J connectivity index is 1.96. The van der Waals surface area contributed by atoms with Gasteiger partial charge in [0.05, 0.1) is 29.9 Å². The molecule has 180 valence electrons. The fourth-order valence-electron chi connectivity index (χ4n) is 3.44. The number of anilines is 1. The van der Waals surface area contributed by atoms with Crippen LogP contribution < -0.4 is 25.4 Å². The lowest BCUT2D eigenvalue weighted by molar-refractivity contribution is -0.145. The molecule has 0 aliphatic carbocycles. The molecule has 0 aromatic heterocycles. The van der Waals surface area contributed by atoms with Crippen molar-refractivity contribution in [2.24, 2.45) is 0 Å². The molecule has 3 N–H and O–H groups in total. The van der Waals surface area contributed by atoms with Gasteiger partial charge in [-0.15, -0.1) is 0 Å². The molecular formula is C24H26ClN3O6. The second kappa shape index (κ2) is 11.4. The summed E-state index contributed by atoms with van der Waals surface area (Å²) in [6.45, 7) is 5.35. The number of hydrogen-bond acceptors (Lipinski definition) is 6. The third-order valence-electron chi connectivity index (χ3n) is 4.87. The maximum absolute atomic E-state index is 13.2. The number of benzene rings is 2. The highest BCUT2D eigenvalue weighted by Gasteiger charge is 2.33. The minimum atomic E-state index is -0.858. The van der Waals surface area contributed by atoms with Gasteiger partial charge in [0.2, 0.25) is 0 Å². The van der Waals surface area contributed by atoms with Gasteiger partial charge in [-0.25, -0.2) is 9.59 Å². The first-order valence-corrected chi connectivity index (χ1v) is 11.1. The van der Waals surface area contributed by atoms with E-state index >= 15 is 0 Å². The van der Waals surface area contributed by atoms with Crippen molar-refractivity contribution in [3.63, 3.8) is 0 Å². The minimum Gasteiger partial charge on any atom is -0.490 e. The maximum atomic E-state index is 13.2. The lowest BCUT2D eigenvalue weighted by atomic mass is 9.94. The fraction of sp³-hybridized carbons (Fsp3) is 0.292. The van der Waals surface area contributed by atoms with E-state index in [2.05, 4.69) is 16.0 Å². The third-order valence-corrected chi connectivity index (χ3v) is 5.20. The largest absolute Gasteiger partial charge is 0.490 e. The quantitative estimate of drug-likeness (QED) is 0.461. The molecular weight excluding hydrogens is 462 g/mol. The van der Waals surface area contributed by atoms with E-state index in [9.17, 15) is 14.4 Å². The van der Waals surface area contributed by atoms with Crippen LogP contribution in [0.3, 0.4) is 0 Å². The second-order valence-electron chi connectivity index (χ2n) is 7.24. The number of carbonyl (C=O) groups is 3. The van der Waals surface area contributed by atoms with Gasteiger partial charge in [0.25, 0.3) is 5.91 Å². The molecule has 1 atom stereocenters. The molecule has 10 heteroatoms. The Kier molecular flexibility index (Phi) is 8.37. The zero-order valence-corrected chi connectivity index (χ0v) is 19.8. The fourth-order valence-corrected chi connectivity index (χ4v) is 3.70. The minimum absolute atomic E-state index is 0.215. The molecule has 9 nitrogen and oxygen atoms in total. The van der Waals surface area contributed by atoms with Crippen molar-refractivity contribution in [3.05, 3.63) is 64.3 Å². The Morgan fingerprint density at radius 3 is 2.44 bits per heavy atom. The average molecular weight is 488 g/mol. The summed E-state index contributed by atoms with van der Waals surface area (Å²) < 4.78 is 16.1. The van der Waals surface area contributed by atoms with Crippen LogP contribution >= 0.6 is 11.6 Å². The Bertz CT molecular complexity index is 1100. The van der Waals surface area contributed by atoms with Crippen LogP contribution in [-0.4, -0.2) is 37.7 Å². The van der Waals surface area contributed by atoms with Gasteiger partial charge >= 0.3 is 12.0 Å². The summed E-state index contributed by atoms with van der Waals surface area (Å²) in [5.41, 5.74) is 1.71. The van der Waals surface area contributed by atoms with E-state index in [0.29, 0.717) is 29.3 Å². The van der Waals surface area contributed by atoms with Gasteiger partial charge in [-0.2, -0.15) is 0 Å². The highest BCUT2D eigenvalue weighted by Crippen LogP contribution is 2.39. The van der Waals surface area contributed by atoms with Gasteiger partial charge in [0.1, 0.15) is 0 Å². The summed E-state index contributed by atoms with van der Waals surface area (Å²) in [7, 11) is 0. The van der Waals surface area contributed by atoms with Gasteiger partial charge < -0.3 is 30.2 Å². The van der Waals surface area contributed by atoms with E-state index in [1.54, 1.807) is 51.1 Å². The molecule has 3 rings (SSSR count). The first-order valence-electron chi connectivity index (χ1n) is 10.7. The summed E-state index contributed by atoms with van der Waals surface area (Å²) in [4.78, 5) is 37.2. The van der Waals surface area contributed by atoms with E-state index < -0.39 is 23.9 Å². The van der Waals surface area contributed by atoms with E-state index in [1.807, 2.05) is 6.07 Å². The summed E-state index contributed by atoms with van der Waals surface area (Å²) >= 11 is 6.56. The molecule has 2 aromatic carbocycles. The molecule has 0 unspecified atom stereocenters. The maximum Gasteiger partial charge on any atom is 0.344 e. The Morgan fingerprint density at radius 1 is 1.06 bits per heavy atom. The van der Waals surface area contributed by atoms with Crippen LogP contribution in [0.5, 0.6) is 11.5 Å². The molecule has 2 aromatic rings. The molecule has 1 aliphatic heterocycles. The molecule has 1 aliphatic rings. The molecule has 1 heterocycles. The summed E-state index contributed by atoms with van der Waals surface area (Å²) in [5.74, 6) is -0.397. The smallest absolute Gasteiger partial charge is 0.344 e. The number of ether oxygens (including phenoxy) is 3. The lowest BCUT2D eigenvalue weighted by Crippen LogP contribution is -2.46. The zero-order valence-electron chi connectivity index (χ0n) is 19.1. The van der Waals surface area contributed by atoms with E-state index in [-0.39, 0.29) is 29.6 Å². The normalized spacial score (nSPS) is 15.2. The molecule has 3 amide bonds. The van der Waals surface area contributed by atoms with Crippen LogP contribution in [0.1, 0.15) is 32.4 Å². The van der Waals surface area contributed by atoms with Crippen molar-refractivity contribution in [1.82, 2.24) is 10.6 Å². The highest BCUT2D eigenvalue weighted by atomic mass is 35.5. The van der Waals surface area contributed by atoms with Gasteiger partial charge in [-0.3, -0.25) is 4.79 Å². The van der Waals surface area contributed by atoms with Crippen molar-refractivity contribution in [2.45, 2.75) is 26.8 Å². The van der Waals surface area contributed by atoms with E-state index in [0.717, 1.165) is 0 Å². The first-order chi connectivity index (χ1) is 16.3. The number of hydrogen-bond donors (Lipinski definition) is 3. The Morgan fingerprint density at radius 2 is 1.76 bits per heavy atom. The van der Waals surface area contributed by atoms with Crippen molar-refractivity contribution in [1.29, 1.82) is 0 Å². The number of urea groups is 1. The summed E-state index contributed by atoms with van der Waals surface area (Å²) in [6, 6.07) is 10.7. The van der Waals surface area contributed by atoms with Crippen LogP contribution in [-0.2, 0) is 14.3 Å². The SMILES string of the molecule is CCOC(=O)COc1cc(Cl)c([C@H]2NC(=O)NC(C)=C2C(=O)Nc2ccccc2)cc1OCC. The third kappa shape index (κ3) is 5.99. The number of amides is 3. The number of carbonyl (C=O) groups excluding carboxylic acids is 3. The number of halogens is 1. The van der Waals surface area contributed by atoms with Crippen LogP contribution in [0.25, 0.3) is 0 Å². The number of nitrogens with one attached hydrogen (secondary N) is 3. The second-order valence-corrected chi connectivity index (χ2v) is 7.64. The van der Waals surface area contributed by atoms with Crippen molar-refractivity contribution in [3.8, 4) is 11.5 Å². The van der Waals surface area contributed by atoms with Gasteiger partial charge in [0, 0.05) is 23.0 Å². The predicted molar refractivity (Wildman–Crippen MR) is 127 cm³/mol. The first kappa shape index (κ1) is 24.9. The van der Waals surface area contributed by atoms with Crippen LogP contribution in [0.15, 0.2) is 53.7 Å². The Labute approximate surface area is 202 Å². The Hall–Kier alpha value is -3.72. The van der Waals surface area contributed by atoms with E-state index in [1.165, 1.54) is 6.07 Å². The molecule has 0 radical (unpaired) electrons. The van der Waals surface area contributed by atoms with E-state index in [4.69, 9.17) is 25.8 Å². The number of para-hydroxylation sites is 1. The number of allylic oxidation sites excluding steroid dienone is 1. The van der Waals surface area contributed by atoms with Crippen molar-refractivity contribution >= 4 is 35.2 Å². The molecule has 34 heavy (non-hydrogen) atoms. The van der Waals surface area contributed by atoms with Gasteiger partial charge in [0.15, 0.2) is 18.1 Å². The molecule has 0 spiro atoms. The van der Waals surface area contributed by atoms with Crippen LogP contribution in [0, 0.1) is 0 Å². The standard InChI is InChI=1S/C24H26ClN3O6/c1-4-32-18-11-16(17(25)12-19(18)34-13-20(29)33-5-2)22-21(14(3)26-24(31)28-22)23(30)27-15-9-7-6-8-10-15/h6-12,22H,4-5,13H2,1-3H3,(H,27,30)(H2,26,28,31)/t22-/m1/s1. The molecule has 0 saturated heterocycles. The van der Waals surface area contributed by atoms with Gasteiger partial charge in [-0.05, 0) is 39.0 Å².